The lowest BCUT2D eigenvalue weighted by molar-refractivity contribution is -0.139. The largest absolute Gasteiger partial charge is 0.480 e. The second-order valence-electron chi connectivity index (χ2n) is 6.75. The van der Waals surface area contributed by atoms with Crippen molar-refractivity contribution in [3.63, 3.8) is 0 Å². The number of fused-ring (bicyclic) bond motifs is 1. The third kappa shape index (κ3) is 5.32. The van der Waals surface area contributed by atoms with Crippen molar-refractivity contribution in [1.82, 2.24) is 24.6 Å². The minimum absolute atomic E-state index is 0.104. The van der Waals surface area contributed by atoms with E-state index in [1.165, 1.54) is 29.0 Å². The molecule has 1 unspecified atom stereocenters. The number of nitrogen functional groups attached to an aromatic ring is 1. The van der Waals surface area contributed by atoms with E-state index in [4.69, 9.17) is 15.0 Å². The zero-order valence-electron chi connectivity index (χ0n) is 16.3. The van der Waals surface area contributed by atoms with Crippen molar-refractivity contribution >= 4 is 42.5 Å². The van der Waals surface area contributed by atoms with Gasteiger partial charge >= 0.3 is 13.7 Å². The third-order valence-corrected chi connectivity index (χ3v) is 6.42. The number of hydrogen-bond acceptors (Lipinski definition) is 11. The highest BCUT2D eigenvalue weighted by molar-refractivity contribution is 7.98. The minimum atomic E-state index is -4.54. The second kappa shape index (κ2) is 9.75. The molecule has 31 heavy (non-hydrogen) atoms. The summed E-state index contributed by atoms with van der Waals surface area (Å²) < 4.78 is 24.2. The zero-order valence-corrected chi connectivity index (χ0v) is 18.0. The molecule has 14 nitrogen and oxygen atoms in total. The number of carboxylic acids is 1. The molecule has 3 rings (SSSR count). The Morgan fingerprint density at radius 1 is 1.42 bits per heavy atom. The maximum atomic E-state index is 12.3. The van der Waals surface area contributed by atoms with Gasteiger partial charge in [0.25, 0.3) is 0 Å². The smallest absolute Gasteiger partial charge is 0.403 e. The molecule has 0 amide bonds. The molecule has 1 aliphatic rings. The number of nitrogens with one attached hydrogen (secondary N) is 1. The summed E-state index contributed by atoms with van der Waals surface area (Å²) in [7, 11) is -4.54. The summed E-state index contributed by atoms with van der Waals surface area (Å²) >= 11 is 1.39. The van der Waals surface area contributed by atoms with Gasteiger partial charge in [-0.05, 0) is 18.4 Å². The first-order chi connectivity index (χ1) is 14.6. The molecular formula is C15H23N6O8PS. The van der Waals surface area contributed by atoms with Gasteiger partial charge in [0.05, 0.1) is 12.9 Å². The van der Waals surface area contributed by atoms with Gasteiger partial charge in [0.2, 0.25) is 0 Å². The molecular weight excluding hydrogens is 455 g/mol. The quantitative estimate of drug-likeness (QED) is 0.225. The Labute approximate surface area is 180 Å². The average molecular weight is 478 g/mol. The number of thioether (sulfide) groups is 1. The Bertz CT molecular complexity index is 978. The molecule has 3 heterocycles. The van der Waals surface area contributed by atoms with E-state index in [-0.39, 0.29) is 23.4 Å². The van der Waals surface area contributed by atoms with Crippen LogP contribution in [0.4, 0.5) is 5.82 Å². The van der Waals surface area contributed by atoms with Gasteiger partial charge < -0.3 is 30.7 Å². The van der Waals surface area contributed by atoms with Crippen molar-refractivity contribution in [2.45, 2.75) is 37.0 Å². The number of rotatable bonds is 10. The van der Waals surface area contributed by atoms with Crippen molar-refractivity contribution in [1.29, 1.82) is 0 Å². The van der Waals surface area contributed by atoms with Gasteiger partial charge in [-0.25, -0.2) is 24.6 Å². The molecule has 172 valence electrons. The van der Waals surface area contributed by atoms with E-state index < -0.39 is 50.9 Å². The first kappa shape index (κ1) is 23.8. The Kier molecular flexibility index (Phi) is 7.49. The van der Waals surface area contributed by atoms with Crippen LogP contribution in [0, 0.1) is 0 Å². The topological polar surface area (TPSA) is 215 Å². The molecule has 0 radical (unpaired) electrons. The highest BCUT2D eigenvalue weighted by Gasteiger charge is 2.45. The van der Waals surface area contributed by atoms with Gasteiger partial charge in [-0.3, -0.25) is 13.9 Å². The number of nitrogens with two attached hydrogens (primary N) is 1. The SMILES string of the molecule is CSCC[C@H](NP(=O)(O)OC[C@H]1O[C@@H](n2cnc3c(N)ncnc32)[C@H](O)[C@@H]1O)C(=O)O. The molecule has 0 aromatic carbocycles. The lowest BCUT2D eigenvalue weighted by Crippen LogP contribution is -2.37. The number of aliphatic hydroxyl groups is 2. The monoisotopic (exact) mass is 478 g/mol. The lowest BCUT2D eigenvalue weighted by atomic mass is 10.1. The fraction of sp³-hybridized carbons (Fsp3) is 0.600. The van der Waals surface area contributed by atoms with Crippen LogP contribution in [0.25, 0.3) is 11.2 Å². The van der Waals surface area contributed by atoms with Gasteiger partial charge in [0.15, 0.2) is 17.7 Å². The third-order valence-electron chi connectivity index (χ3n) is 4.64. The molecule has 0 saturated carbocycles. The van der Waals surface area contributed by atoms with Crippen LogP contribution in [0.1, 0.15) is 12.6 Å². The first-order valence-electron chi connectivity index (χ1n) is 9.06. The minimum Gasteiger partial charge on any atom is -0.480 e. The molecule has 0 bridgehead atoms. The van der Waals surface area contributed by atoms with Crippen LogP contribution in [0.3, 0.4) is 0 Å². The van der Waals surface area contributed by atoms with E-state index in [0.29, 0.717) is 5.75 Å². The molecule has 1 aliphatic heterocycles. The Hall–Kier alpha value is -1.84. The highest BCUT2D eigenvalue weighted by Crippen LogP contribution is 2.40. The number of aliphatic carboxylic acids is 1. The first-order valence-corrected chi connectivity index (χ1v) is 12.0. The van der Waals surface area contributed by atoms with Crippen LogP contribution in [-0.2, 0) is 18.6 Å². The zero-order chi connectivity index (χ0) is 22.8. The summed E-state index contributed by atoms with van der Waals surface area (Å²) in [6.45, 7) is -0.589. The molecule has 6 atom stereocenters. The van der Waals surface area contributed by atoms with Crippen molar-refractivity contribution in [2.24, 2.45) is 0 Å². The van der Waals surface area contributed by atoms with Crippen molar-refractivity contribution < 1.29 is 38.8 Å². The summed E-state index contributed by atoms with van der Waals surface area (Å²) in [6, 6.07) is -1.29. The summed E-state index contributed by atoms with van der Waals surface area (Å²) in [4.78, 5) is 33.2. The van der Waals surface area contributed by atoms with Crippen LogP contribution in [0.5, 0.6) is 0 Å². The molecule has 1 fully saturated rings. The molecule has 7 N–H and O–H groups in total. The van der Waals surface area contributed by atoms with Crippen LogP contribution < -0.4 is 10.8 Å². The molecule has 1 saturated heterocycles. The normalized spacial score (nSPS) is 26.7. The van der Waals surface area contributed by atoms with Gasteiger partial charge in [0, 0.05) is 0 Å². The number of aliphatic hydroxyl groups excluding tert-OH is 2. The number of nitrogens with zero attached hydrogens (tertiary/aromatic N) is 4. The average Bonchev–Trinajstić information content (AvgIpc) is 3.26. The number of imidazole rings is 1. The fourth-order valence-corrected chi connectivity index (χ4v) is 4.57. The standard InChI is InChI=1S/C15H23N6O8PS/c1-31-3-2-7(15(24)25)20-30(26,27)28-4-8-10(22)11(23)14(29-8)21-6-19-9-12(16)17-5-18-13(9)21/h5-8,10-11,14,22-23H,2-4H2,1H3,(H,24,25)(H2,16,17,18)(H2,20,26,27)/t7-,8+,10+,11+,14+/m0/s1. The summed E-state index contributed by atoms with van der Waals surface area (Å²) in [6.07, 6.45) is -0.810. The number of carboxylic acid groups (broad SMARTS) is 1. The molecule has 0 spiro atoms. The maximum Gasteiger partial charge on any atom is 0.403 e. The van der Waals surface area contributed by atoms with E-state index in [9.17, 15) is 29.6 Å². The molecule has 2 aromatic heterocycles. The molecule has 16 heteroatoms. The lowest BCUT2D eigenvalue weighted by Gasteiger charge is -2.21. The van der Waals surface area contributed by atoms with Crippen LogP contribution in [-0.4, -0.2) is 88.7 Å². The second-order valence-corrected chi connectivity index (χ2v) is 9.29. The predicted octanol–water partition coefficient (Wildman–Crippen LogP) is -1.06. The predicted molar refractivity (Wildman–Crippen MR) is 109 cm³/mol. The molecule has 0 aliphatic carbocycles. The number of aromatic nitrogens is 4. The summed E-state index contributed by atoms with van der Waals surface area (Å²) in [5.74, 6) is -0.721. The van der Waals surface area contributed by atoms with E-state index in [2.05, 4.69) is 20.0 Å². The maximum absolute atomic E-state index is 12.3. The Morgan fingerprint density at radius 2 is 2.16 bits per heavy atom. The van der Waals surface area contributed by atoms with E-state index in [1.807, 2.05) is 0 Å². The summed E-state index contributed by atoms with van der Waals surface area (Å²) in [5, 5.41) is 32.0. The highest BCUT2D eigenvalue weighted by atomic mass is 32.2. The molecule has 2 aromatic rings. The van der Waals surface area contributed by atoms with E-state index in [0.717, 1.165) is 0 Å². The number of carbonyl (C=O) groups is 1. The van der Waals surface area contributed by atoms with Crippen molar-refractivity contribution in [3.8, 4) is 0 Å². The van der Waals surface area contributed by atoms with Gasteiger partial charge in [-0.1, -0.05) is 0 Å². The van der Waals surface area contributed by atoms with E-state index >= 15 is 0 Å². The van der Waals surface area contributed by atoms with Gasteiger partial charge in [-0.2, -0.15) is 11.8 Å². The van der Waals surface area contributed by atoms with Gasteiger partial charge in [-0.15, -0.1) is 0 Å². The van der Waals surface area contributed by atoms with Crippen LogP contribution >= 0.6 is 19.5 Å². The van der Waals surface area contributed by atoms with E-state index in [1.54, 1.807) is 6.26 Å². The summed E-state index contributed by atoms with van der Waals surface area (Å²) in [5.41, 5.74) is 6.28. The van der Waals surface area contributed by atoms with Crippen molar-refractivity contribution in [2.75, 3.05) is 24.3 Å². The number of anilines is 1. The number of ether oxygens (including phenoxy) is 1. The fourth-order valence-electron chi connectivity index (χ4n) is 3.04. The van der Waals surface area contributed by atoms with Crippen molar-refractivity contribution in [3.05, 3.63) is 12.7 Å². The van der Waals surface area contributed by atoms with Crippen LogP contribution in [0.2, 0.25) is 0 Å². The number of hydrogen-bond donors (Lipinski definition) is 6. The van der Waals surface area contributed by atoms with Crippen LogP contribution in [0.15, 0.2) is 12.7 Å². The van der Waals surface area contributed by atoms with Gasteiger partial charge in [0.1, 0.15) is 36.2 Å². The Morgan fingerprint density at radius 3 is 2.84 bits per heavy atom. The Balaban J connectivity index is 1.66.